The Balaban J connectivity index is 0. The Hall–Kier alpha value is 0.660. The van der Waals surface area contributed by atoms with Gasteiger partial charge in [0.2, 0.25) is 0 Å². The fraction of sp³-hybridized carbons (Fsp3) is 1.00. The molecule has 1 radical (unpaired) electrons. The van der Waals surface area contributed by atoms with Crippen molar-refractivity contribution in [3.05, 3.63) is 0 Å². The zero-order valence-corrected chi connectivity index (χ0v) is 5.65. The van der Waals surface area contributed by atoms with Gasteiger partial charge < -0.3 is 10.2 Å². The van der Waals surface area contributed by atoms with Gasteiger partial charge >= 0.3 is 0 Å². The summed E-state index contributed by atoms with van der Waals surface area (Å²) in [5.74, 6) is 0. The minimum absolute atomic E-state index is 0. The average molecular weight is 273 g/mol. The van der Waals surface area contributed by atoms with Gasteiger partial charge in [-0.2, -0.15) is 0 Å². The quantitative estimate of drug-likeness (QED) is 0.509. The topological polar surface area (TPSA) is 40.5 Å². The van der Waals surface area contributed by atoms with Gasteiger partial charge in [0.1, 0.15) is 0 Å². The third-order valence-corrected chi connectivity index (χ3v) is 0.365. The Kier molecular flexibility index (Phi) is 9.27. The molecule has 0 fully saturated rings. The molecular formula is C3H8AuO2. The molecule has 0 aliphatic rings. The van der Waals surface area contributed by atoms with E-state index >= 15 is 0 Å². The van der Waals surface area contributed by atoms with Crippen molar-refractivity contribution in [2.75, 3.05) is 0 Å². The fourth-order valence-corrected chi connectivity index (χ4v) is 0. The van der Waals surface area contributed by atoms with Crippen LogP contribution in [0.1, 0.15) is 13.3 Å². The van der Waals surface area contributed by atoms with Crippen molar-refractivity contribution < 1.29 is 32.6 Å². The molecule has 0 heterocycles. The first-order chi connectivity index (χ1) is 2.27. The molecular weight excluding hydrogens is 265 g/mol. The number of rotatable bonds is 1. The van der Waals surface area contributed by atoms with Crippen LogP contribution in [-0.2, 0) is 22.4 Å². The molecule has 2 N–H and O–H groups in total. The first-order valence-electron chi connectivity index (χ1n) is 1.63. The fourth-order valence-electron chi connectivity index (χ4n) is 0. The summed E-state index contributed by atoms with van der Waals surface area (Å²) in [5, 5.41) is 15.8. The molecule has 0 aliphatic heterocycles. The zero-order chi connectivity index (χ0) is 4.28. The maximum atomic E-state index is 7.92. The minimum Gasteiger partial charge on any atom is -0.368 e. The second kappa shape index (κ2) is 5.66. The van der Waals surface area contributed by atoms with Crippen LogP contribution in [0.2, 0.25) is 0 Å². The standard InChI is InChI=1S/C3H8O2.Au/c1-2-3(4)5;/h3-5H,2H2,1H3;. The van der Waals surface area contributed by atoms with E-state index in [1.165, 1.54) is 0 Å². The molecule has 0 unspecified atom stereocenters. The van der Waals surface area contributed by atoms with Gasteiger partial charge in [-0.15, -0.1) is 0 Å². The summed E-state index contributed by atoms with van der Waals surface area (Å²) in [6.45, 7) is 1.70. The van der Waals surface area contributed by atoms with Crippen LogP contribution in [0.25, 0.3) is 0 Å². The van der Waals surface area contributed by atoms with Crippen molar-refractivity contribution in [2.24, 2.45) is 0 Å². The van der Waals surface area contributed by atoms with Crippen LogP contribution >= 0.6 is 0 Å². The smallest absolute Gasteiger partial charge is 0.151 e. The van der Waals surface area contributed by atoms with Gasteiger partial charge in [-0.05, 0) is 6.42 Å². The van der Waals surface area contributed by atoms with E-state index < -0.39 is 6.29 Å². The maximum Gasteiger partial charge on any atom is 0.151 e. The summed E-state index contributed by atoms with van der Waals surface area (Å²) in [4.78, 5) is 0. The molecule has 6 heavy (non-hydrogen) atoms. The third-order valence-electron chi connectivity index (χ3n) is 0.365. The molecule has 0 aliphatic carbocycles. The van der Waals surface area contributed by atoms with Crippen molar-refractivity contribution in [2.45, 2.75) is 19.6 Å². The predicted molar refractivity (Wildman–Crippen MR) is 18.5 cm³/mol. The number of hydrogen-bond acceptors (Lipinski definition) is 2. The van der Waals surface area contributed by atoms with E-state index in [-0.39, 0.29) is 22.4 Å². The largest absolute Gasteiger partial charge is 0.368 e. The summed E-state index contributed by atoms with van der Waals surface area (Å²) < 4.78 is 0. The van der Waals surface area contributed by atoms with Gasteiger partial charge in [-0.1, -0.05) is 6.92 Å². The van der Waals surface area contributed by atoms with Gasteiger partial charge in [0.05, 0.1) is 0 Å². The van der Waals surface area contributed by atoms with E-state index in [0.29, 0.717) is 6.42 Å². The van der Waals surface area contributed by atoms with E-state index in [9.17, 15) is 0 Å². The van der Waals surface area contributed by atoms with Gasteiger partial charge in [-0.25, -0.2) is 0 Å². The van der Waals surface area contributed by atoms with Crippen molar-refractivity contribution in [3.8, 4) is 0 Å². The first kappa shape index (κ1) is 9.83. The van der Waals surface area contributed by atoms with Gasteiger partial charge in [0, 0.05) is 22.4 Å². The average Bonchev–Trinajstić information content (AvgIpc) is 1.38. The van der Waals surface area contributed by atoms with Gasteiger partial charge in [-0.3, -0.25) is 0 Å². The normalized spacial score (nSPS) is 8.00. The summed E-state index contributed by atoms with van der Waals surface area (Å²) in [7, 11) is 0. The Morgan fingerprint density at radius 1 is 1.50 bits per heavy atom. The van der Waals surface area contributed by atoms with E-state index in [0.717, 1.165) is 0 Å². The third kappa shape index (κ3) is 8.82. The predicted octanol–water partition coefficient (Wildman–Crippen LogP) is -0.295. The molecule has 43 valence electrons. The van der Waals surface area contributed by atoms with E-state index in [1.807, 2.05) is 0 Å². The number of hydrogen-bond donors (Lipinski definition) is 2. The van der Waals surface area contributed by atoms with Crippen LogP contribution in [0, 0.1) is 0 Å². The molecule has 2 nitrogen and oxygen atoms in total. The van der Waals surface area contributed by atoms with Gasteiger partial charge in [0.15, 0.2) is 6.29 Å². The van der Waals surface area contributed by atoms with Crippen LogP contribution in [0.3, 0.4) is 0 Å². The van der Waals surface area contributed by atoms with Crippen LogP contribution in [-0.4, -0.2) is 16.5 Å². The summed E-state index contributed by atoms with van der Waals surface area (Å²) in [6.07, 6.45) is -0.699. The van der Waals surface area contributed by atoms with Crippen molar-refractivity contribution in [3.63, 3.8) is 0 Å². The Bertz CT molecular complexity index is 22.8. The summed E-state index contributed by atoms with van der Waals surface area (Å²) in [5.41, 5.74) is 0. The molecule has 0 atom stereocenters. The molecule has 0 rings (SSSR count). The van der Waals surface area contributed by atoms with Crippen LogP contribution < -0.4 is 0 Å². The van der Waals surface area contributed by atoms with E-state index in [4.69, 9.17) is 10.2 Å². The molecule has 0 aromatic carbocycles. The maximum absolute atomic E-state index is 7.92. The molecule has 0 saturated carbocycles. The molecule has 0 aromatic heterocycles. The second-order valence-corrected chi connectivity index (χ2v) is 0.889. The Morgan fingerprint density at radius 2 is 1.67 bits per heavy atom. The molecule has 3 heteroatoms. The summed E-state index contributed by atoms with van der Waals surface area (Å²) in [6, 6.07) is 0. The molecule has 0 amide bonds. The number of aliphatic hydroxyl groups excluding tert-OH is 1. The Labute approximate surface area is 52.7 Å². The molecule has 0 bridgehead atoms. The minimum atomic E-state index is -1.12. The van der Waals surface area contributed by atoms with E-state index in [1.54, 1.807) is 6.92 Å². The van der Waals surface area contributed by atoms with Crippen LogP contribution in [0.15, 0.2) is 0 Å². The zero-order valence-electron chi connectivity index (χ0n) is 3.48. The SMILES string of the molecule is CCC(O)O.[Au]. The van der Waals surface area contributed by atoms with Gasteiger partial charge in [0.25, 0.3) is 0 Å². The molecule has 0 aromatic rings. The van der Waals surface area contributed by atoms with Crippen molar-refractivity contribution >= 4 is 0 Å². The Morgan fingerprint density at radius 3 is 1.67 bits per heavy atom. The van der Waals surface area contributed by atoms with E-state index in [2.05, 4.69) is 0 Å². The van der Waals surface area contributed by atoms with Crippen molar-refractivity contribution in [1.29, 1.82) is 0 Å². The molecule has 0 spiro atoms. The summed E-state index contributed by atoms with van der Waals surface area (Å²) >= 11 is 0. The van der Waals surface area contributed by atoms with Crippen LogP contribution in [0.5, 0.6) is 0 Å². The first-order valence-corrected chi connectivity index (χ1v) is 1.63. The number of aliphatic hydroxyl groups is 2. The monoisotopic (exact) mass is 273 g/mol. The van der Waals surface area contributed by atoms with Crippen LogP contribution in [0.4, 0.5) is 0 Å². The second-order valence-electron chi connectivity index (χ2n) is 0.889. The molecule has 0 saturated heterocycles. The van der Waals surface area contributed by atoms with Crippen molar-refractivity contribution in [1.82, 2.24) is 0 Å².